The van der Waals surface area contributed by atoms with Crippen LogP contribution in [0, 0.1) is 46.7 Å². The third kappa shape index (κ3) is 6.96. The van der Waals surface area contributed by atoms with Gasteiger partial charge in [0.2, 0.25) is 5.82 Å². The van der Waals surface area contributed by atoms with E-state index in [1.54, 1.807) is 19.9 Å². The van der Waals surface area contributed by atoms with Crippen LogP contribution in [0.5, 0.6) is 5.75 Å². The van der Waals surface area contributed by atoms with Gasteiger partial charge in [-0.05, 0) is 106 Å². The van der Waals surface area contributed by atoms with Crippen molar-refractivity contribution in [1.82, 2.24) is 0 Å². The predicted octanol–water partition coefficient (Wildman–Crippen LogP) is 11.0. The molecule has 2 aliphatic carbocycles. The molecule has 0 saturated heterocycles. The normalized spacial score (nSPS) is 21.0. The highest BCUT2D eigenvalue weighted by Crippen LogP contribution is 2.42. The summed E-state index contributed by atoms with van der Waals surface area (Å²) >= 11 is 0. The van der Waals surface area contributed by atoms with Gasteiger partial charge in [-0.15, -0.1) is 0 Å². The summed E-state index contributed by atoms with van der Waals surface area (Å²) in [7, 11) is 0. The predicted molar refractivity (Wildman–Crippen MR) is 164 cm³/mol. The van der Waals surface area contributed by atoms with Gasteiger partial charge in [0.25, 0.3) is 0 Å². The minimum atomic E-state index is -1.29. The van der Waals surface area contributed by atoms with Crippen LogP contribution in [-0.2, 0) is 0 Å². The average Bonchev–Trinajstić information content (AvgIpc) is 3.05. The molecule has 2 nitrogen and oxygen atoms in total. The Balaban J connectivity index is 1.16. The maximum atomic E-state index is 15.2. The molecule has 3 aromatic rings. The van der Waals surface area contributed by atoms with Crippen LogP contribution in [0.1, 0.15) is 107 Å². The van der Waals surface area contributed by atoms with Gasteiger partial charge in [0, 0.05) is 22.3 Å². The Hall–Kier alpha value is -3.26. The lowest BCUT2D eigenvalue weighted by atomic mass is 9.75. The molecule has 242 valence electrons. The quantitative estimate of drug-likeness (QED) is 0.226. The fourth-order valence-electron chi connectivity index (χ4n) is 7.01. The average molecular weight is 631 g/mol. The van der Waals surface area contributed by atoms with Gasteiger partial charge in [-0.3, -0.25) is 0 Å². The van der Waals surface area contributed by atoms with Crippen LogP contribution in [0.4, 0.5) is 26.3 Å². The summed E-state index contributed by atoms with van der Waals surface area (Å²) in [6.45, 7) is 3.49. The molecule has 5 rings (SSSR count). The second-order valence-corrected chi connectivity index (χ2v) is 12.4. The first-order valence-corrected chi connectivity index (χ1v) is 16.1. The number of aliphatic hydroxyl groups is 1. The first-order valence-electron chi connectivity index (χ1n) is 16.1. The molecule has 1 saturated carbocycles. The Bertz CT molecular complexity index is 1540. The Kier molecular flexibility index (Phi) is 10.6. The molecule has 0 aliphatic heterocycles. The molecule has 3 aromatic carbocycles. The Morgan fingerprint density at radius 3 is 1.96 bits per heavy atom. The van der Waals surface area contributed by atoms with E-state index < -0.39 is 41.0 Å². The van der Waals surface area contributed by atoms with Crippen LogP contribution in [0.3, 0.4) is 0 Å². The molecule has 1 fully saturated rings. The van der Waals surface area contributed by atoms with Crippen molar-refractivity contribution < 1.29 is 36.2 Å². The van der Waals surface area contributed by atoms with Crippen LogP contribution in [0.2, 0.25) is 0 Å². The van der Waals surface area contributed by atoms with Crippen LogP contribution in [-0.4, -0.2) is 11.7 Å². The van der Waals surface area contributed by atoms with E-state index in [4.69, 9.17) is 4.74 Å². The smallest absolute Gasteiger partial charge is 0.201 e. The van der Waals surface area contributed by atoms with Gasteiger partial charge < -0.3 is 9.84 Å². The van der Waals surface area contributed by atoms with Crippen molar-refractivity contribution >= 4 is 5.57 Å². The van der Waals surface area contributed by atoms with Gasteiger partial charge in [0.15, 0.2) is 34.8 Å². The summed E-state index contributed by atoms with van der Waals surface area (Å²) < 4.78 is 93.8. The summed E-state index contributed by atoms with van der Waals surface area (Å²) in [6.07, 6.45) is 8.92. The van der Waals surface area contributed by atoms with Gasteiger partial charge in [0.05, 0.1) is 12.7 Å². The van der Waals surface area contributed by atoms with E-state index in [-0.39, 0.29) is 40.5 Å². The molecular weight excluding hydrogens is 590 g/mol. The molecule has 0 bridgehead atoms. The van der Waals surface area contributed by atoms with Gasteiger partial charge >= 0.3 is 0 Å². The van der Waals surface area contributed by atoms with E-state index in [0.717, 1.165) is 51.4 Å². The number of hydrogen-bond donors (Lipinski definition) is 1. The molecule has 2 aliphatic rings. The van der Waals surface area contributed by atoms with E-state index in [1.807, 2.05) is 6.08 Å². The second-order valence-electron chi connectivity index (χ2n) is 12.4. The fraction of sp³-hybridized carbons (Fsp3) is 0.459. The topological polar surface area (TPSA) is 29.5 Å². The van der Waals surface area contributed by atoms with Crippen molar-refractivity contribution in [2.24, 2.45) is 11.8 Å². The zero-order valence-electron chi connectivity index (χ0n) is 25.8. The molecule has 0 amide bonds. The Morgan fingerprint density at radius 1 is 0.689 bits per heavy atom. The van der Waals surface area contributed by atoms with Crippen LogP contribution >= 0.6 is 0 Å². The lowest BCUT2D eigenvalue weighted by Gasteiger charge is -2.31. The molecule has 0 spiro atoms. The zero-order chi connectivity index (χ0) is 32.2. The number of ether oxygens (including phenoxy) is 1. The highest BCUT2D eigenvalue weighted by molar-refractivity contribution is 5.72. The van der Waals surface area contributed by atoms with Crippen molar-refractivity contribution in [3.63, 3.8) is 0 Å². The first-order chi connectivity index (χ1) is 21.6. The maximum Gasteiger partial charge on any atom is 0.201 e. The number of rotatable bonds is 10. The summed E-state index contributed by atoms with van der Waals surface area (Å²) in [5.74, 6) is -5.99. The highest BCUT2D eigenvalue weighted by atomic mass is 19.2. The minimum absolute atomic E-state index is 0.0120. The summed E-state index contributed by atoms with van der Waals surface area (Å²) in [6, 6.07) is 8.25. The van der Waals surface area contributed by atoms with Crippen molar-refractivity contribution in [2.45, 2.75) is 90.1 Å². The minimum Gasteiger partial charge on any atom is -0.491 e. The van der Waals surface area contributed by atoms with Crippen LogP contribution in [0.15, 0.2) is 42.5 Å². The molecule has 0 aromatic heterocycles. The largest absolute Gasteiger partial charge is 0.491 e. The fourth-order valence-corrected chi connectivity index (χ4v) is 7.01. The van der Waals surface area contributed by atoms with Crippen molar-refractivity contribution in [1.29, 1.82) is 0 Å². The molecule has 1 N–H and O–H groups in total. The molecule has 45 heavy (non-hydrogen) atoms. The van der Waals surface area contributed by atoms with Gasteiger partial charge in [-0.25, -0.2) is 22.0 Å². The lowest BCUT2D eigenvalue weighted by molar-refractivity contribution is 0.167. The van der Waals surface area contributed by atoms with Crippen molar-refractivity contribution in [2.75, 3.05) is 6.61 Å². The van der Waals surface area contributed by atoms with E-state index >= 15 is 8.78 Å². The van der Waals surface area contributed by atoms with Crippen LogP contribution < -0.4 is 4.74 Å². The van der Waals surface area contributed by atoms with E-state index in [9.17, 15) is 22.7 Å². The Morgan fingerprint density at radius 2 is 1.31 bits per heavy atom. The summed E-state index contributed by atoms with van der Waals surface area (Å²) in [5, 5.41) is 9.95. The number of benzene rings is 3. The van der Waals surface area contributed by atoms with E-state index in [2.05, 4.69) is 0 Å². The molecule has 8 heteroatoms. The molecule has 2 atom stereocenters. The zero-order valence-corrected chi connectivity index (χ0v) is 25.8. The third-order valence-corrected chi connectivity index (χ3v) is 9.74. The number of hydrogen-bond acceptors (Lipinski definition) is 2. The molecular formula is C37H40F6O2. The Labute approximate surface area is 261 Å². The standard InChI is InChI=1S/C37H40F6O2/c1-3-30(44)29-18-16-26(33(39)36(29)42)24-13-9-22(10-14-24)6-5-21-7-11-23(12-8-21)25-15-17-27(34(40)32(25)38)28-19-20-31(45-4-2)37(43)35(28)41/h11,15-22,24,30,44H,3-10,12-14H2,1-2H3. The lowest BCUT2D eigenvalue weighted by Crippen LogP contribution is -2.17. The van der Waals surface area contributed by atoms with Gasteiger partial charge in [0.1, 0.15) is 0 Å². The molecule has 2 unspecified atom stereocenters. The van der Waals surface area contributed by atoms with Crippen molar-refractivity contribution in [3.05, 3.63) is 94.1 Å². The van der Waals surface area contributed by atoms with Crippen LogP contribution in [0.25, 0.3) is 16.7 Å². The maximum absolute atomic E-state index is 15.2. The molecule has 0 heterocycles. The highest BCUT2D eigenvalue weighted by Gasteiger charge is 2.29. The van der Waals surface area contributed by atoms with Gasteiger partial charge in [-0.1, -0.05) is 43.7 Å². The second kappa shape index (κ2) is 14.4. The van der Waals surface area contributed by atoms with E-state index in [0.29, 0.717) is 35.8 Å². The SMILES string of the molecule is CCOc1ccc(-c2ccc(C3=CCC(CCC4CCC(c5ccc(C(O)CC)c(F)c5F)CC4)CC3)c(F)c2F)c(F)c1F. The monoisotopic (exact) mass is 630 g/mol. The first kappa shape index (κ1) is 33.1. The van der Waals surface area contributed by atoms with Gasteiger partial charge in [-0.2, -0.15) is 4.39 Å². The van der Waals surface area contributed by atoms with Crippen molar-refractivity contribution in [3.8, 4) is 16.9 Å². The summed E-state index contributed by atoms with van der Waals surface area (Å²) in [5.41, 5.74) is 0.544. The number of aliphatic hydroxyl groups excluding tert-OH is 1. The molecule has 0 radical (unpaired) electrons. The number of halogens is 6. The van der Waals surface area contributed by atoms with E-state index in [1.165, 1.54) is 30.3 Å². The third-order valence-electron chi connectivity index (χ3n) is 9.74. The summed E-state index contributed by atoms with van der Waals surface area (Å²) in [4.78, 5) is 0. The number of allylic oxidation sites excluding steroid dienone is 2.